The van der Waals surface area contributed by atoms with Crippen LogP contribution in [0.2, 0.25) is 25.1 Å². The maximum absolute atomic E-state index is 6.19. The summed E-state index contributed by atoms with van der Waals surface area (Å²) in [6, 6.07) is 6.85. The number of benzene rings is 2. The van der Waals surface area contributed by atoms with Crippen LogP contribution in [0.15, 0.2) is 24.3 Å². The third kappa shape index (κ3) is 2.91. The maximum Gasteiger partial charge on any atom is 0.139 e. The number of hydrogen-bond donors (Lipinski definition) is 0. The molecule has 0 fully saturated rings. The van der Waals surface area contributed by atoms with Crippen LogP contribution in [0, 0.1) is 0 Å². The van der Waals surface area contributed by atoms with E-state index in [1.165, 1.54) is 7.11 Å². The van der Waals surface area contributed by atoms with Crippen molar-refractivity contribution < 1.29 is 4.74 Å². The molecule has 0 heterocycles. The summed E-state index contributed by atoms with van der Waals surface area (Å²) >= 11 is 30.2. The van der Waals surface area contributed by atoms with Gasteiger partial charge in [-0.1, -0.05) is 64.1 Å². The summed E-state index contributed by atoms with van der Waals surface area (Å²) in [5.41, 5.74) is 1.45. The Morgan fingerprint density at radius 3 is 2.11 bits per heavy atom. The molecule has 6 heteroatoms. The number of ether oxygens (including phenoxy) is 1. The van der Waals surface area contributed by atoms with E-state index in [0.29, 0.717) is 36.4 Å². The Balaban J connectivity index is 2.66. The first-order valence-corrected chi connectivity index (χ1v) is 7.01. The van der Waals surface area contributed by atoms with Crippen molar-refractivity contribution in [3.63, 3.8) is 0 Å². The van der Waals surface area contributed by atoms with Crippen LogP contribution in [-0.4, -0.2) is 7.11 Å². The van der Waals surface area contributed by atoms with E-state index in [2.05, 4.69) is 0 Å². The summed E-state index contributed by atoms with van der Waals surface area (Å²) in [6.45, 7) is 0. The lowest BCUT2D eigenvalue weighted by Crippen LogP contribution is -1.88. The smallest absolute Gasteiger partial charge is 0.139 e. The van der Waals surface area contributed by atoms with Gasteiger partial charge < -0.3 is 4.74 Å². The molecule has 0 aliphatic heterocycles. The van der Waals surface area contributed by atoms with Gasteiger partial charge in [-0.05, 0) is 23.8 Å². The Labute approximate surface area is 135 Å². The molecule has 0 aliphatic rings. The molecule has 0 saturated carbocycles. The lowest BCUT2D eigenvalue weighted by molar-refractivity contribution is 0.415. The summed E-state index contributed by atoms with van der Waals surface area (Å²) in [4.78, 5) is 0. The molecule has 0 bridgehead atoms. The molecule has 0 aliphatic carbocycles. The van der Waals surface area contributed by atoms with Gasteiger partial charge in [0.2, 0.25) is 0 Å². The van der Waals surface area contributed by atoms with E-state index < -0.39 is 0 Å². The zero-order chi connectivity index (χ0) is 14.2. The third-order valence-electron chi connectivity index (χ3n) is 2.56. The molecule has 1 nitrogen and oxygen atoms in total. The SMILES string of the molecule is COc1cc(-c2ccc(Cl)c(Cl)c2Cl)cc(Cl)c1Cl. The zero-order valence-corrected chi connectivity index (χ0v) is 13.4. The summed E-state index contributed by atoms with van der Waals surface area (Å²) in [7, 11) is 1.51. The second-order valence-electron chi connectivity index (χ2n) is 3.70. The van der Waals surface area contributed by atoms with Gasteiger partial charge in [0.25, 0.3) is 0 Å². The number of rotatable bonds is 2. The first kappa shape index (κ1) is 15.1. The highest BCUT2D eigenvalue weighted by Gasteiger charge is 2.14. The van der Waals surface area contributed by atoms with Crippen molar-refractivity contribution in [1.82, 2.24) is 0 Å². The Hall–Kier alpha value is -0.310. The molecule has 0 saturated heterocycles. The van der Waals surface area contributed by atoms with Crippen molar-refractivity contribution in [2.75, 3.05) is 7.11 Å². The minimum Gasteiger partial charge on any atom is -0.495 e. The maximum atomic E-state index is 6.19. The monoisotopic (exact) mass is 354 g/mol. The molecular weight excluding hydrogens is 349 g/mol. The minimum atomic E-state index is 0.297. The first-order chi connectivity index (χ1) is 8.95. The van der Waals surface area contributed by atoms with E-state index in [1.807, 2.05) is 0 Å². The average Bonchev–Trinajstić information content (AvgIpc) is 2.39. The predicted octanol–water partition coefficient (Wildman–Crippen LogP) is 6.63. The van der Waals surface area contributed by atoms with Crippen molar-refractivity contribution in [2.45, 2.75) is 0 Å². The molecule has 0 N–H and O–H groups in total. The molecule has 0 spiro atoms. The molecule has 0 aromatic heterocycles. The third-order valence-corrected chi connectivity index (χ3v) is 4.64. The number of halogens is 5. The van der Waals surface area contributed by atoms with Gasteiger partial charge in [-0.2, -0.15) is 0 Å². The van der Waals surface area contributed by atoms with Crippen LogP contribution in [0.4, 0.5) is 0 Å². The Morgan fingerprint density at radius 2 is 1.47 bits per heavy atom. The molecule has 0 unspecified atom stereocenters. The van der Waals surface area contributed by atoms with E-state index in [9.17, 15) is 0 Å². The molecule has 2 aromatic rings. The van der Waals surface area contributed by atoms with Gasteiger partial charge in [0.15, 0.2) is 0 Å². The van der Waals surface area contributed by atoms with E-state index in [1.54, 1.807) is 24.3 Å². The van der Waals surface area contributed by atoms with Gasteiger partial charge in [-0.25, -0.2) is 0 Å². The zero-order valence-electron chi connectivity index (χ0n) is 9.61. The van der Waals surface area contributed by atoms with Crippen LogP contribution >= 0.6 is 58.0 Å². The van der Waals surface area contributed by atoms with Crippen molar-refractivity contribution in [3.8, 4) is 16.9 Å². The summed E-state index contributed by atoms with van der Waals surface area (Å²) in [6.07, 6.45) is 0. The molecule has 2 aromatic carbocycles. The van der Waals surface area contributed by atoms with Crippen molar-refractivity contribution >= 4 is 58.0 Å². The van der Waals surface area contributed by atoms with Crippen LogP contribution in [0.1, 0.15) is 0 Å². The molecule has 0 radical (unpaired) electrons. The van der Waals surface area contributed by atoms with Crippen molar-refractivity contribution in [3.05, 3.63) is 49.4 Å². The fraction of sp³-hybridized carbons (Fsp3) is 0.0769. The van der Waals surface area contributed by atoms with Crippen LogP contribution in [-0.2, 0) is 0 Å². The van der Waals surface area contributed by atoms with E-state index >= 15 is 0 Å². The highest BCUT2D eigenvalue weighted by molar-refractivity contribution is 6.49. The molecule has 0 amide bonds. The number of hydrogen-bond acceptors (Lipinski definition) is 1. The van der Waals surface area contributed by atoms with Gasteiger partial charge in [-0.15, -0.1) is 0 Å². The second kappa shape index (κ2) is 5.99. The summed E-state index contributed by atoms with van der Waals surface area (Å²) in [5, 5.41) is 1.77. The van der Waals surface area contributed by atoms with E-state index in [0.717, 1.165) is 5.56 Å². The van der Waals surface area contributed by atoms with Gasteiger partial charge in [0, 0.05) is 5.56 Å². The largest absolute Gasteiger partial charge is 0.495 e. The lowest BCUT2D eigenvalue weighted by atomic mass is 10.1. The Bertz CT molecular complexity index is 639. The predicted molar refractivity (Wildman–Crippen MR) is 83.5 cm³/mol. The molecule has 2 rings (SSSR count). The van der Waals surface area contributed by atoms with Crippen LogP contribution in [0.25, 0.3) is 11.1 Å². The fourth-order valence-electron chi connectivity index (χ4n) is 1.62. The highest BCUT2D eigenvalue weighted by atomic mass is 35.5. The van der Waals surface area contributed by atoms with Crippen LogP contribution < -0.4 is 4.74 Å². The van der Waals surface area contributed by atoms with Gasteiger partial charge >= 0.3 is 0 Å². The average molecular weight is 356 g/mol. The van der Waals surface area contributed by atoms with Gasteiger partial charge in [0.05, 0.1) is 27.2 Å². The minimum absolute atomic E-state index is 0.297. The Kier molecular flexibility index (Phi) is 4.75. The van der Waals surface area contributed by atoms with Crippen molar-refractivity contribution in [1.29, 1.82) is 0 Å². The normalized spacial score (nSPS) is 10.6. The lowest BCUT2D eigenvalue weighted by Gasteiger charge is -2.11. The second-order valence-corrected chi connectivity index (χ2v) is 5.65. The Morgan fingerprint density at radius 1 is 0.789 bits per heavy atom. The van der Waals surface area contributed by atoms with Crippen LogP contribution in [0.3, 0.4) is 0 Å². The standard InChI is InChI=1S/C13H7Cl5O/c1-19-10-5-6(4-9(15)12(10)17)7-2-3-8(14)13(18)11(7)16/h2-5H,1H3. The number of methoxy groups -OCH3 is 1. The molecule has 0 atom stereocenters. The fourth-order valence-corrected chi connectivity index (χ4v) is 2.66. The summed E-state index contributed by atoms with van der Waals surface area (Å²) in [5.74, 6) is 0.464. The van der Waals surface area contributed by atoms with Gasteiger partial charge in [0.1, 0.15) is 10.8 Å². The van der Waals surface area contributed by atoms with E-state index in [4.69, 9.17) is 62.7 Å². The van der Waals surface area contributed by atoms with Crippen LogP contribution in [0.5, 0.6) is 5.75 Å². The molecule has 19 heavy (non-hydrogen) atoms. The van der Waals surface area contributed by atoms with E-state index in [-0.39, 0.29) is 0 Å². The molecule has 100 valence electrons. The van der Waals surface area contributed by atoms with Crippen molar-refractivity contribution in [2.24, 2.45) is 0 Å². The topological polar surface area (TPSA) is 9.23 Å². The van der Waals surface area contributed by atoms with Gasteiger partial charge in [-0.3, -0.25) is 0 Å². The highest BCUT2D eigenvalue weighted by Crippen LogP contribution is 2.42. The first-order valence-electron chi connectivity index (χ1n) is 5.12. The summed E-state index contributed by atoms with van der Waals surface area (Å²) < 4.78 is 5.16. The molecular formula is C13H7Cl5O. The quantitative estimate of drug-likeness (QED) is 0.549.